The zero-order valence-corrected chi connectivity index (χ0v) is 15.6. The van der Waals surface area contributed by atoms with Gasteiger partial charge in [-0.15, -0.1) is 0 Å². The van der Waals surface area contributed by atoms with Gasteiger partial charge in [-0.3, -0.25) is 9.89 Å². The lowest BCUT2D eigenvalue weighted by Gasteiger charge is -2.32. The molecule has 7 heteroatoms. The summed E-state index contributed by atoms with van der Waals surface area (Å²) >= 11 is 0. The third-order valence-electron chi connectivity index (χ3n) is 5.59. The van der Waals surface area contributed by atoms with Crippen LogP contribution >= 0.6 is 0 Å². The van der Waals surface area contributed by atoms with Gasteiger partial charge in [-0.1, -0.05) is 6.07 Å². The van der Waals surface area contributed by atoms with Gasteiger partial charge in [0.05, 0.1) is 23.2 Å². The van der Waals surface area contributed by atoms with Gasteiger partial charge in [-0.05, 0) is 49.7 Å². The number of H-pyrrole nitrogens is 1. The van der Waals surface area contributed by atoms with Crippen LogP contribution in [0.1, 0.15) is 12.8 Å². The minimum absolute atomic E-state index is 0.0302. The van der Waals surface area contributed by atoms with Gasteiger partial charge in [0.2, 0.25) is 5.43 Å². The molecule has 0 atom stereocenters. The molecule has 0 unspecified atom stereocenters. The standard InChI is InChI=1S/C21H21N5O2/c1-26(15-4-6-22-7-5-15)20-9-17-19(12-23-20)28-18-8-13(14-10-24-25-11-14)2-3-16(18)21(17)27/h2-3,8-12,15,22H,4-7H2,1H3,(H,24,25). The van der Waals surface area contributed by atoms with E-state index in [-0.39, 0.29) is 5.43 Å². The monoisotopic (exact) mass is 375 g/mol. The molecular weight excluding hydrogens is 354 g/mol. The van der Waals surface area contributed by atoms with Crippen molar-refractivity contribution < 1.29 is 4.42 Å². The van der Waals surface area contributed by atoms with E-state index < -0.39 is 0 Å². The lowest BCUT2D eigenvalue weighted by Crippen LogP contribution is -2.41. The summed E-state index contributed by atoms with van der Waals surface area (Å²) in [7, 11) is 2.05. The van der Waals surface area contributed by atoms with Crippen molar-refractivity contribution in [3.8, 4) is 11.1 Å². The highest BCUT2D eigenvalue weighted by Crippen LogP contribution is 2.26. The molecule has 7 nitrogen and oxygen atoms in total. The second kappa shape index (κ2) is 6.76. The Bertz CT molecular complexity index is 1190. The lowest BCUT2D eigenvalue weighted by atomic mass is 10.0. The molecule has 1 fully saturated rings. The fourth-order valence-electron chi connectivity index (χ4n) is 3.91. The van der Waals surface area contributed by atoms with E-state index in [1.54, 1.807) is 12.4 Å². The van der Waals surface area contributed by atoms with E-state index in [4.69, 9.17) is 4.42 Å². The molecule has 0 bridgehead atoms. The van der Waals surface area contributed by atoms with Gasteiger partial charge in [0.25, 0.3) is 0 Å². The number of anilines is 1. The van der Waals surface area contributed by atoms with E-state index in [0.29, 0.717) is 28.0 Å². The molecule has 0 aliphatic carbocycles. The Morgan fingerprint density at radius 2 is 1.93 bits per heavy atom. The summed E-state index contributed by atoms with van der Waals surface area (Å²) in [6, 6.07) is 7.89. The van der Waals surface area contributed by atoms with Crippen molar-refractivity contribution >= 4 is 27.8 Å². The van der Waals surface area contributed by atoms with Gasteiger partial charge in [-0.2, -0.15) is 5.10 Å². The van der Waals surface area contributed by atoms with Crippen LogP contribution in [-0.4, -0.2) is 41.4 Å². The summed E-state index contributed by atoms with van der Waals surface area (Å²) in [4.78, 5) is 19.8. The summed E-state index contributed by atoms with van der Waals surface area (Å²) in [6.07, 6.45) is 7.35. The molecule has 0 amide bonds. The van der Waals surface area contributed by atoms with Gasteiger partial charge in [0.1, 0.15) is 11.4 Å². The van der Waals surface area contributed by atoms with Crippen molar-refractivity contribution in [2.75, 3.05) is 25.0 Å². The maximum atomic E-state index is 13.1. The second-order valence-corrected chi connectivity index (χ2v) is 7.26. The first-order chi connectivity index (χ1) is 13.7. The predicted octanol–water partition coefficient (Wildman–Crippen LogP) is 2.92. The lowest BCUT2D eigenvalue weighted by molar-refractivity contribution is 0.442. The van der Waals surface area contributed by atoms with Crippen LogP contribution in [0, 0.1) is 0 Å². The zero-order chi connectivity index (χ0) is 19.1. The predicted molar refractivity (Wildman–Crippen MR) is 110 cm³/mol. The largest absolute Gasteiger partial charge is 0.454 e. The number of nitrogens with zero attached hydrogens (tertiary/aromatic N) is 3. The second-order valence-electron chi connectivity index (χ2n) is 7.26. The van der Waals surface area contributed by atoms with Gasteiger partial charge in [0, 0.05) is 24.8 Å². The molecule has 1 saturated heterocycles. The maximum absolute atomic E-state index is 13.1. The van der Waals surface area contributed by atoms with Crippen LogP contribution in [0.25, 0.3) is 33.1 Å². The Balaban J connectivity index is 1.59. The molecule has 5 rings (SSSR count). The Labute approximate surface area is 161 Å². The minimum Gasteiger partial charge on any atom is -0.454 e. The Morgan fingerprint density at radius 3 is 2.71 bits per heavy atom. The Kier molecular flexibility index (Phi) is 4.09. The summed E-state index contributed by atoms with van der Waals surface area (Å²) in [5, 5.41) is 11.3. The van der Waals surface area contributed by atoms with Crippen molar-refractivity contribution in [2.45, 2.75) is 18.9 Å². The molecule has 1 aliphatic rings. The van der Waals surface area contributed by atoms with Crippen molar-refractivity contribution in [2.24, 2.45) is 0 Å². The average Bonchev–Trinajstić information content (AvgIpc) is 3.28. The number of hydrogen-bond donors (Lipinski definition) is 2. The minimum atomic E-state index is -0.0302. The Hall–Kier alpha value is -3.19. The number of rotatable bonds is 3. The number of aromatic amines is 1. The van der Waals surface area contributed by atoms with Crippen molar-refractivity contribution in [1.29, 1.82) is 0 Å². The van der Waals surface area contributed by atoms with Crippen LogP contribution in [0.3, 0.4) is 0 Å². The quantitative estimate of drug-likeness (QED) is 0.536. The average molecular weight is 375 g/mol. The highest BCUT2D eigenvalue weighted by atomic mass is 16.3. The van der Waals surface area contributed by atoms with E-state index in [0.717, 1.165) is 42.9 Å². The smallest absolute Gasteiger partial charge is 0.200 e. The third kappa shape index (κ3) is 2.84. The van der Waals surface area contributed by atoms with Crippen LogP contribution in [-0.2, 0) is 0 Å². The fourth-order valence-corrected chi connectivity index (χ4v) is 3.91. The summed E-state index contributed by atoms with van der Waals surface area (Å²) in [5.41, 5.74) is 2.92. The normalized spacial score (nSPS) is 15.3. The fraction of sp³-hybridized carbons (Fsp3) is 0.286. The summed E-state index contributed by atoms with van der Waals surface area (Å²) in [5.74, 6) is 0.807. The molecule has 4 heterocycles. The van der Waals surface area contributed by atoms with Crippen LogP contribution in [0.4, 0.5) is 5.82 Å². The molecule has 1 aliphatic heterocycles. The topological polar surface area (TPSA) is 87.1 Å². The summed E-state index contributed by atoms with van der Waals surface area (Å²) < 4.78 is 6.02. The van der Waals surface area contributed by atoms with E-state index in [1.807, 2.05) is 37.5 Å². The van der Waals surface area contributed by atoms with Gasteiger partial charge >= 0.3 is 0 Å². The molecule has 1 aromatic carbocycles. The molecule has 3 aromatic heterocycles. The van der Waals surface area contributed by atoms with Crippen LogP contribution in [0.5, 0.6) is 0 Å². The number of nitrogens with one attached hydrogen (secondary N) is 2. The molecule has 0 spiro atoms. The molecular formula is C21H21N5O2. The van der Waals surface area contributed by atoms with E-state index in [1.165, 1.54) is 0 Å². The van der Waals surface area contributed by atoms with Crippen molar-refractivity contribution in [3.05, 3.63) is 53.1 Å². The van der Waals surface area contributed by atoms with Crippen molar-refractivity contribution in [1.82, 2.24) is 20.5 Å². The van der Waals surface area contributed by atoms with E-state index in [2.05, 4.69) is 25.4 Å². The molecule has 142 valence electrons. The van der Waals surface area contributed by atoms with Crippen LogP contribution < -0.4 is 15.6 Å². The van der Waals surface area contributed by atoms with Crippen LogP contribution in [0.2, 0.25) is 0 Å². The first-order valence-electron chi connectivity index (χ1n) is 9.50. The van der Waals surface area contributed by atoms with Crippen LogP contribution in [0.15, 0.2) is 52.1 Å². The molecule has 0 saturated carbocycles. The highest BCUT2D eigenvalue weighted by molar-refractivity contribution is 5.92. The number of aromatic nitrogens is 3. The number of hydrogen-bond acceptors (Lipinski definition) is 6. The SMILES string of the molecule is CN(c1cc2c(=O)c3ccc(-c4cn[nH]c4)cc3oc2cn1)C1CCNCC1. The maximum Gasteiger partial charge on any atom is 0.200 e. The molecule has 0 radical (unpaired) electrons. The summed E-state index contributed by atoms with van der Waals surface area (Å²) in [6.45, 7) is 2.02. The number of piperidine rings is 1. The zero-order valence-electron chi connectivity index (χ0n) is 15.6. The van der Waals surface area contributed by atoms with Gasteiger partial charge < -0.3 is 14.6 Å². The van der Waals surface area contributed by atoms with E-state index >= 15 is 0 Å². The van der Waals surface area contributed by atoms with E-state index in [9.17, 15) is 4.79 Å². The van der Waals surface area contributed by atoms with Gasteiger partial charge in [0.15, 0.2) is 5.58 Å². The number of pyridine rings is 1. The number of benzene rings is 1. The van der Waals surface area contributed by atoms with Gasteiger partial charge in [-0.25, -0.2) is 4.98 Å². The van der Waals surface area contributed by atoms with Crippen molar-refractivity contribution in [3.63, 3.8) is 0 Å². The number of fused-ring (bicyclic) bond motifs is 2. The Morgan fingerprint density at radius 1 is 1.07 bits per heavy atom. The molecule has 2 N–H and O–H groups in total. The molecule has 28 heavy (non-hydrogen) atoms. The molecule has 4 aromatic rings. The first-order valence-corrected chi connectivity index (χ1v) is 9.50. The highest BCUT2D eigenvalue weighted by Gasteiger charge is 2.20. The third-order valence-corrected chi connectivity index (χ3v) is 5.59. The first kappa shape index (κ1) is 16.9.